The maximum Gasteiger partial charge on any atom is 0.257 e. The molecule has 0 aliphatic carbocycles. The number of oxazole rings is 1. The van der Waals surface area contributed by atoms with Gasteiger partial charge >= 0.3 is 0 Å². The van der Waals surface area contributed by atoms with Gasteiger partial charge in [-0.15, -0.1) is 0 Å². The van der Waals surface area contributed by atoms with Crippen LogP contribution < -0.4 is 0 Å². The molecule has 1 aliphatic rings. The van der Waals surface area contributed by atoms with Gasteiger partial charge in [-0.05, 0) is 6.92 Å². The van der Waals surface area contributed by atoms with Crippen LogP contribution in [-0.2, 0) is 24.2 Å². The van der Waals surface area contributed by atoms with Crippen LogP contribution in [0.5, 0.6) is 0 Å². The maximum atomic E-state index is 12.8. The number of fused-ring (bicyclic) bond motifs is 1. The van der Waals surface area contributed by atoms with E-state index >= 15 is 0 Å². The number of rotatable bonds is 6. The SMILES string of the molecule is CCOCCn1nc(-c2cocn2)c2c1CCN(C(=O)c1cncnc1)C2. The van der Waals surface area contributed by atoms with Crippen LogP contribution in [0.1, 0.15) is 28.5 Å². The highest BCUT2D eigenvalue weighted by atomic mass is 16.5. The second-order valence-corrected chi connectivity index (χ2v) is 6.17. The predicted molar refractivity (Wildman–Crippen MR) is 94.7 cm³/mol. The standard InChI is InChI=1S/C18H20N6O3/c1-2-26-6-5-24-16-3-4-23(18(25)13-7-19-11-20-8-13)9-14(16)17(22-24)15-10-27-12-21-15/h7-8,10-12H,2-6,9H2,1H3. The van der Waals surface area contributed by atoms with Crippen molar-refractivity contribution in [3.63, 3.8) is 0 Å². The lowest BCUT2D eigenvalue weighted by Crippen LogP contribution is -2.36. The number of aromatic nitrogens is 5. The highest BCUT2D eigenvalue weighted by Gasteiger charge is 2.29. The normalized spacial score (nSPS) is 13.6. The average molecular weight is 368 g/mol. The first-order chi connectivity index (χ1) is 13.3. The molecule has 0 N–H and O–H groups in total. The van der Waals surface area contributed by atoms with Crippen molar-refractivity contribution in [2.75, 3.05) is 19.8 Å². The van der Waals surface area contributed by atoms with E-state index in [0.717, 1.165) is 17.0 Å². The smallest absolute Gasteiger partial charge is 0.257 e. The maximum absolute atomic E-state index is 12.8. The lowest BCUT2D eigenvalue weighted by atomic mass is 10.0. The van der Waals surface area contributed by atoms with E-state index in [9.17, 15) is 4.79 Å². The third kappa shape index (κ3) is 3.45. The second kappa shape index (κ2) is 7.67. The van der Waals surface area contributed by atoms with Crippen molar-refractivity contribution in [1.82, 2.24) is 29.6 Å². The molecule has 4 rings (SSSR count). The summed E-state index contributed by atoms with van der Waals surface area (Å²) in [5.74, 6) is -0.0885. The summed E-state index contributed by atoms with van der Waals surface area (Å²) >= 11 is 0. The largest absolute Gasteiger partial charge is 0.451 e. The topological polar surface area (TPSA) is 99.2 Å². The quantitative estimate of drug-likeness (QED) is 0.609. The van der Waals surface area contributed by atoms with Crippen molar-refractivity contribution >= 4 is 5.91 Å². The van der Waals surface area contributed by atoms with Crippen molar-refractivity contribution in [1.29, 1.82) is 0 Å². The molecule has 3 aromatic rings. The fourth-order valence-corrected chi connectivity index (χ4v) is 3.27. The molecule has 0 radical (unpaired) electrons. The van der Waals surface area contributed by atoms with Gasteiger partial charge in [-0.3, -0.25) is 9.48 Å². The lowest BCUT2D eigenvalue weighted by Gasteiger charge is -2.27. The van der Waals surface area contributed by atoms with E-state index in [1.54, 1.807) is 11.2 Å². The first-order valence-electron chi connectivity index (χ1n) is 8.87. The molecule has 4 heterocycles. The highest BCUT2D eigenvalue weighted by Crippen LogP contribution is 2.29. The minimum atomic E-state index is -0.0885. The number of amides is 1. The van der Waals surface area contributed by atoms with Crippen LogP contribution in [-0.4, -0.2) is 55.3 Å². The Labute approximate surface area is 156 Å². The molecule has 27 heavy (non-hydrogen) atoms. The zero-order valence-electron chi connectivity index (χ0n) is 15.0. The second-order valence-electron chi connectivity index (χ2n) is 6.17. The average Bonchev–Trinajstić information content (AvgIpc) is 3.36. The number of carbonyl (C=O) groups excluding carboxylic acids is 1. The molecule has 0 bridgehead atoms. The van der Waals surface area contributed by atoms with E-state index in [0.29, 0.717) is 50.5 Å². The van der Waals surface area contributed by atoms with Gasteiger partial charge in [0.2, 0.25) is 0 Å². The molecule has 0 saturated heterocycles. The van der Waals surface area contributed by atoms with Crippen LogP contribution in [0.15, 0.2) is 35.8 Å². The molecule has 0 spiro atoms. The fraction of sp³-hybridized carbons (Fsp3) is 0.389. The van der Waals surface area contributed by atoms with E-state index in [1.165, 1.54) is 25.1 Å². The summed E-state index contributed by atoms with van der Waals surface area (Å²) in [4.78, 5) is 26.7. The van der Waals surface area contributed by atoms with Gasteiger partial charge in [-0.25, -0.2) is 15.0 Å². The van der Waals surface area contributed by atoms with Crippen molar-refractivity contribution < 1.29 is 13.9 Å². The molecule has 0 saturated carbocycles. The molecule has 1 amide bonds. The molecule has 0 atom stereocenters. The fourth-order valence-electron chi connectivity index (χ4n) is 3.27. The molecule has 0 aromatic carbocycles. The van der Waals surface area contributed by atoms with Crippen LogP contribution in [0.4, 0.5) is 0 Å². The van der Waals surface area contributed by atoms with Crippen LogP contribution in [0.3, 0.4) is 0 Å². The molecule has 3 aromatic heterocycles. The van der Waals surface area contributed by atoms with Gasteiger partial charge < -0.3 is 14.1 Å². The summed E-state index contributed by atoms with van der Waals surface area (Å²) in [6, 6.07) is 0. The van der Waals surface area contributed by atoms with Gasteiger partial charge in [0.1, 0.15) is 24.0 Å². The summed E-state index contributed by atoms with van der Waals surface area (Å²) in [6.07, 6.45) is 8.15. The molecular weight excluding hydrogens is 348 g/mol. The van der Waals surface area contributed by atoms with Crippen LogP contribution in [0.2, 0.25) is 0 Å². The van der Waals surface area contributed by atoms with E-state index in [-0.39, 0.29) is 5.91 Å². The van der Waals surface area contributed by atoms with Gasteiger partial charge in [0, 0.05) is 43.2 Å². The monoisotopic (exact) mass is 368 g/mol. The van der Waals surface area contributed by atoms with Gasteiger partial charge in [0.05, 0.1) is 25.3 Å². The third-order valence-electron chi connectivity index (χ3n) is 4.56. The number of hydrogen-bond donors (Lipinski definition) is 0. The summed E-state index contributed by atoms with van der Waals surface area (Å²) < 4.78 is 12.6. The minimum absolute atomic E-state index is 0.0885. The molecule has 1 aliphatic heterocycles. The summed E-state index contributed by atoms with van der Waals surface area (Å²) in [7, 11) is 0. The van der Waals surface area contributed by atoms with Gasteiger partial charge in [0.15, 0.2) is 6.39 Å². The number of carbonyl (C=O) groups is 1. The minimum Gasteiger partial charge on any atom is -0.451 e. The zero-order valence-corrected chi connectivity index (χ0v) is 15.0. The third-order valence-corrected chi connectivity index (χ3v) is 4.56. The van der Waals surface area contributed by atoms with E-state index in [4.69, 9.17) is 14.3 Å². The Morgan fingerprint density at radius 1 is 1.33 bits per heavy atom. The number of hydrogen-bond acceptors (Lipinski definition) is 7. The Bertz CT molecular complexity index is 907. The van der Waals surface area contributed by atoms with Crippen molar-refractivity contribution in [3.8, 4) is 11.4 Å². The van der Waals surface area contributed by atoms with Gasteiger partial charge in [0.25, 0.3) is 5.91 Å². The van der Waals surface area contributed by atoms with Crippen LogP contribution >= 0.6 is 0 Å². The summed E-state index contributed by atoms with van der Waals surface area (Å²) in [6.45, 7) is 4.96. The lowest BCUT2D eigenvalue weighted by molar-refractivity contribution is 0.0731. The van der Waals surface area contributed by atoms with E-state index in [2.05, 4.69) is 15.0 Å². The van der Waals surface area contributed by atoms with Crippen molar-refractivity contribution in [2.45, 2.75) is 26.4 Å². The molecule has 9 heteroatoms. The molecule has 0 fully saturated rings. The Morgan fingerprint density at radius 3 is 2.93 bits per heavy atom. The zero-order chi connectivity index (χ0) is 18.6. The first-order valence-corrected chi connectivity index (χ1v) is 8.87. The van der Waals surface area contributed by atoms with Crippen LogP contribution in [0, 0.1) is 0 Å². The summed E-state index contributed by atoms with van der Waals surface area (Å²) in [5.41, 5.74) is 4.00. The molecule has 0 unspecified atom stereocenters. The Hall–Kier alpha value is -3.07. The van der Waals surface area contributed by atoms with Crippen molar-refractivity contribution in [3.05, 3.63) is 48.2 Å². The van der Waals surface area contributed by atoms with Gasteiger partial charge in [-0.1, -0.05) is 0 Å². The molecule has 9 nitrogen and oxygen atoms in total. The van der Waals surface area contributed by atoms with Gasteiger partial charge in [-0.2, -0.15) is 5.10 Å². The van der Waals surface area contributed by atoms with Crippen molar-refractivity contribution in [2.24, 2.45) is 0 Å². The highest BCUT2D eigenvalue weighted by molar-refractivity contribution is 5.93. The van der Waals surface area contributed by atoms with E-state index < -0.39 is 0 Å². The summed E-state index contributed by atoms with van der Waals surface area (Å²) in [5, 5.41) is 4.72. The predicted octanol–water partition coefficient (Wildman–Crippen LogP) is 1.56. The number of ether oxygens (including phenoxy) is 1. The number of nitrogens with zero attached hydrogens (tertiary/aromatic N) is 6. The molecular formula is C18H20N6O3. The van der Waals surface area contributed by atoms with Crippen LogP contribution in [0.25, 0.3) is 11.4 Å². The Balaban J connectivity index is 1.64. The molecule has 140 valence electrons. The van der Waals surface area contributed by atoms with E-state index in [1.807, 2.05) is 11.6 Å². The Morgan fingerprint density at radius 2 is 2.19 bits per heavy atom. The Kier molecular flexibility index (Phi) is 4.93. The first kappa shape index (κ1) is 17.3.